The molecule has 0 bridgehead atoms. The molecule has 2 aliphatic carbocycles. The Hall–Kier alpha value is -0.0800. The van der Waals surface area contributed by atoms with Crippen LogP contribution in [0.5, 0.6) is 0 Å². The molecule has 0 amide bonds. The van der Waals surface area contributed by atoms with Gasteiger partial charge in [0.25, 0.3) is 0 Å². The fraction of sp³-hybridized carbons (Fsp3) is 1.00. The maximum atomic E-state index is 6.07. The minimum absolute atomic E-state index is 0.215. The molecule has 0 radical (unpaired) electrons. The first-order valence-corrected chi connectivity index (χ1v) is 7.43. The standard InChI is InChI=1S/C15H30N2/c1-12-9-14(2,3)10-15(12,11-16)17-8-4-5-13-6-7-13/h12-13,17H,4-11,16H2,1-3H3. The molecule has 0 aromatic heterocycles. The van der Waals surface area contributed by atoms with Crippen molar-refractivity contribution >= 4 is 0 Å². The van der Waals surface area contributed by atoms with Crippen molar-refractivity contribution in [3.05, 3.63) is 0 Å². The molecule has 2 aliphatic rings. The molecule has 17 heavy (non-hydrogen) atoms. The highest BCUT2D eigenvalue weighted by Crippen LogP contribution is 2.47. The van der Waals surface area contributed by atoms with Crippen LogP contribution in [0.25, 0.3) is 0 Å². The minimum Gasteiger partial charge on any atom is -0.329 e. The second-order valence-electron chi connectivity index (χ2n) is 7.32. The molecule has 100 valence electrons. The van der Waals surface area contributed by atoms with E-state index < -0.39 is 0 Å². The van der Waals surface area contributed by atoms with Crippen LogP contribution in [0.15, 0.2) is 0 Å². The van der Waals surface area contributed by atoms with Crippen LogP contribution in [0.2, 0.25) is 0 Å². The van der Waals surface area contributed by atoms with Crippen molar-refractivity contribution in [3.63, 3.8) is 0 Å². The molecule has 0 heterocycles. The first-order chi connectivity index (χ1) is 7.97. The van der Waals surface area contributed by atoms with Crippen LogP contribution in [-0.4, -0.2) is 18.6 Å². The molecule has 2 rings (SSSR count). The monoisotopic (exact) mass is 238 g/mol. The van der Waals surface area contributed by atoms with Crippen LogP contribution in [0.4, 0.5) is 0 Å². The summed E-state index contributed by atoms with van der Waals surface area (Å²) in [4.78, 5) is 0. The predicted molar refractivity (Wildman–Crippen MR) is 73.9 cm³/mol. The topological polar surface area (TPSA) is 38.0 Å². The van der Waals surface area contributed by atoms with E-state index in [0.29, 0.717) is 11.3 Å². The van der Waals surface area contributed by atoms with E-state index in [1.54, 1.807) is 0 Å². The van der Waals surface area contributed by atoms with Gasteiger partial charge in [0.05, 0.1) is 0 Å². The number of nitrogens with one attached hydrogen (secondary N) is 1. The van der Waals surface area contributed by atoms with E-state index in [0.717, 1.165) is 19.0 Å². The molecule has 2 saturated carbocycles. The molecule has 0 saturated heterocycles. The van der Waals surface area contributed by atoms with E-state index in [1.165, 1.54) is 38.5 Å². The number of nitrogens with two attached hydrogens (primary N) is 1. The summed E-state index contributed by atoms with van der Waals surface area (Å²) in [5, 5.41) is 3.81. The SMILES string of the molecule is CC1CC(C)(C)CC1(CN)NCCCC1CC1. The molecule has 0 aromatic rings. The highest BCUT2D eigenvalue weighted by molar-refractivity contribution is 5.04. The van der Waals surface area contributed by atoms with Gasteiger partial charge in [-0.1, -0.05) is 33.6 Å². The highest BCUT2D eigenvalue weighted by Gasteiger charge is 2.47. The summed E-state index contributed by atoms with van der Waals surface area (Å²) in [5.74, 6) is 1.77. The Kier molecular flexibility index (Phi) is 3.84. The van der Waals surface area contributed by atoms with Crippen molar-refractivity contribution in [2.24, 2.45) is 23.0 Å². The van der Waals surface area contributed by atoms with Crippen molar-refractivity contribution in [2.75, 3.05) is 13.1 Å². The lowest BCUT2D eigenvalue weighted by Crippen LogP contribution is -2.53. The lowest BCUT2D eigenvalue weighted by atomic mass is 9.86. The van der Waals surface area contributed by atoms with Gasteiger partial charge in [0.15, 0.2) is 0 Å². The Morgan fingerprint density at radius 3 is 2.47 bits per heavy atom. The van der Waals surface area contributed by atoms with Gasteiger partial charge in [0.1, 0.15) is 0 Å². The molecule has 3 N–H and O–H groups in total. The molecular weight excluding hydrogens is 208 g/mol. The first-order valence-electron chi connectivity index (χ1n) is 7.43. The molecule has 2 unspecified atom stereocenters. The van der Waals surface area contributed by atoms with E-state index in [-0.39, 0.29) is 5.54 Å². The Labute approximate surface area is 107 Å². The molecule has 2 fully saturated rings. The zero-order chi connectivity index (χ0) is 12.5. The Bertz CT molecular complexity index is 258. The van der Waals surface area contributed by atoms with E-state index >= 15 is 0 Å². The summed E-state index contributed by atoms with van der Waals surface area (Å²) in [5.41, 5.74) is 6.75. The average Bonchev–Trinajstić information content (AvgIpc) is 3.01. The van der Waals surface area contributed by atoms with Gasteiger partial charge in [-0.2, -0.15) is 0 Å². The van der Waals surface area contributed by atoms with Crippen LogP contribution >= 0.6 is 0 Å². The molecule has 0 spiro atoms. The van der Waals surface area contributed by atoms with Crippen LogP contribution in [0.1, 0.15) is 59.3 Å². The fourth-order valence-corrected chi connectivity index (χ4v) is 3.84. The van der Waals surface area contributed by atoms with E-state index in [2.05, 4.69) is 26.1 Å². The van der Waals surface area contributed by atoms with Gasteiger partial charge in [0.2, 0.25) is 0 Å². The molecule has 0 aliphatic heterocycles. The molecule has 2 nitrogen and oxygen atoms in total. The summed E-state index contributed by atoms with van der Waals surface area (Å²) in [6.07, 6.45) is 8.25. The van der Waals surface area contributed by atoms with Crippen molar-refractivity contribution in [3.8, 4) is 0 Å². The maximum Gasteiger partial charge on any atom is 0.0335 e. The van der Waals surface area contributed by atoms with Gasteiger partial charge in [-0.3, -0.25) is 0 Å². The van der Waals surface area contributed by atoms with E-state index in [1.807, 2.05) is 0 Å². The third-order valence-corrected chi connectivity index (χ3v) is 4.92. The first kappa shape index (κ1) is 13.4. The minimum atomic E-state index is 0.215. The number of hydrogen-bond donors (Lipinski definition) is 2. The van der Waals surface area contributed by atoms with Gasteiger partial charge in [-0.15, -0.1) is 0 Å². The number of rotatable bonds is 6. The lowest BCUT2D eigenvalue weighted by Gasteiger charge is -2.34. The smallest absolute Gasteiger partial charge is 0.0335 e. The van der Waals surface area contributed by atoms with Crippen LogP contribution in [-0.2, 0) is 0 Å². The predicted octanol–water partition coefficient (Wildman–Crippen LogP) is 2.92. The van der Waals surface area contributed by atoms with Crippen molar-refractivity contribution in [1.29, 1.82) is 0 Å². The third kappa shape index (κ3) is 3.23. The Morgan fingerprint density at radius 2 is 2.00 bits per heavy atom. The molecule has 2 atom stereocenters. The Morgan fingerprint density at radius 1 is 1.29 bits per heavy atom. The second kappa shape index (κ2) is 4.89. The summed E-state index contributed by atoms with van der Waals surface area (Å²) >= 11 is 0. The van der Waals surface area contributed by atoms with Crippen LogP contribution < -0.4 is 11.1 Å². The van der Waals surface area contributed by atoms with Gasteiger partial charge in [0, 0.05) is 12.1 Å². The molecular formula is C15H30N2. The summed E-state index contributed by atoms with van der Waals surface area (Å²) < 4.78 is 0. The molecule has 2 heteroatoms. The summed E-state index contributed by atoms with van der Waals surface area (Å²) in [7, 11) is 0. The zero-order valence-electron chi connectivity index (χ0n) is 11.9. The van der Waals surface area contributed by atoms with Gasteiger partial charge in [-0.05, 0) is 49.5 Å². The quantitative estimate of drug-likeness (QED) is 0.698. The van der Waals surface area contributed by atoms with E-state index in [9.17, 15) is 0 Å². The highest BCUT2D eigenvalue weighted by atomic mass is 15.0. The molecule has 0 aromatic carbocycles. The van der Waals surface area contributed by atoms with Gasteiger partial charge >= 0.3 is 0 Å². The summed E-state index contributed by atoms with van der Waals surface area (Å²) in [6, 6.07) is 0. The lowest BCUT2D eigenvalue weighted by molar-refractivity contribution is 0.254. The van der Waals surface area contributed by atoms with Gasteiger partial charge in [-0.25, -0.2) is 0 Å². The maximum absolute atomic E-state index is 6.07. The van der Waals surface area contributed by atoms with Crippen molar-refractivity contribution < 1.29 is 0 Å². The summed E-state index contributed by atoms with van der Waals surface area (Å²) in [6.45, 7) is 9.09. The number of hydrogen-bond acceptors (Lipinski definition) is 2. The third-order valence-electron chi connectivity index (χ3n) is 4.92. The largest absolute Gasteiger partial charge is 0.329 e. The van der Waals surface area contributed by atoms with Crippen molar-refractivity contribution in [2.45, 2.75) is 64.8 Å². The zero-order valence-corrected chi connectivity index (χ0v) is 11.9. The van der Waals surface area contributed by atoms with Gasteiger partial charge < -0.3 is 11.1 Å². The second-order valence-corrected chi connectivity index (χ2v) is 7.32. The van der Waals surface area contributed by atoms with Crippen LogP contribution in [0.3, 0.4) is 0 Å². The van der Waals surface area contributed by atoms with Crippen molar-refractivity contribution in [1.82, 2.24) is 5.32 Å². The van der Waals surface area contributed by atoms with Crippen LogP contribution in [0, 0.1) is 17.3 Å². The fourth-order valence-electron chi connectivity index (χ4n) is 3.84. The normalized spacial score (nSPS) is 36.4. The Balaban J connectivity index is 1.81. The van der Waals surface area contributed by atoms with E-state index in [4.69, 9.17) is 5.73 Å². The average molecular weight is 238 g/mol.